The molecule has 0 aliphatic heterocycles. The Bertz CT molecular complexity index is 599. The second kappa shape index (κ2) is 6.67. The molecule has 20 heavy (non-hydrogen) atoms. The monoisotopic (exact) mass is 291 g/mol. The molecule has 0 fully saturated rings. The van der Waals surface area contributed by atoms with Gasteiger partial charge in [-0.15, -0.1) is 11.3 Å². The highest BCUT2D eigenvalue weighted by atomic mass is 32.1. The third kappa shape index (κ3) is 3.79. The fraction of sp³-hybridized carbons (Fsp3) is 0.154. The Morgan fingerprint density at radius 3 is 2.75 bits per heavy atom. The summed E-state index contributed by atoms with van der Waals surface area (Å²) in [6, 6.07) is 10.0. The van der Waals surface area contributed by atoms with Gasteiger partial charge in [-0.2, -0.15) is 0 Å². The third-order valence-corrected chi connectivity index (χ3v) is 3.55. The molecule has 104 valence electrons. The number of thiophene rings is 1. The third-order valence-electron chi connectivity index (χ3n) is 2.62. The first-order valence-electron chi connectivity index (χ1n) is 5.97. The fourth-order valence-corrected chi connectivity index (χ4v) is 2.34. The number of carbonyl (C=O) groups is 1. The highest BCUT2D eigenvalue weighted by molar-refractivity contribution is 7.09. The highest BCUT2D eigenvalue weighted by Gasteiger charge is 2.12. The summed E-state index contributed by atoms with van der Waals surface area (Å²) < 4.78 is 0. The van der Waals surface area contributed by atoms with Gasteiger partial charge >= 0.3 is 0 Å². The summed E-state index contributed by atoms with van der Waals surface area (Å²) >= 11 is 1.60. The molecule has 1 aromatic heterocycles. The van der Waals surface area contributed by atoms with E-state index in [2.05, 4.69) is 10.9 Å². The van der Waals surface area contributed by atoms with E-state index in [1.807, 2.05) is 17.5 Å². The second-order valence-corrected chi connectivity index (χ2v) is 5.06. The maximum absolute atomic E-state index is 11.7. The van der Waals surface area contributed by atoms with E-state index >= 15 is 0 Å². The van der Waals surface area contributed by atoms with Crippen molar-refractivity contribution in [2.24, 2.45) is 0 Å². The predicted octanol–water partition coefficient (Wildman–Crippen LogP) is 2.73. The van der Waals surface area contributed by atoms with E-state index in [9.17, 15) is 14.9 Å². The largest absolute Gasteiger partial charge is 0.294 e. The van der Waals surface area contributed by atoms with Crippen LogP contribution in [-0.2, 0) is 11.2 Å². The number of carbonyl (C=O) groups excluding carboxylic acids is 1. The summed E-state index contributed by atoms with van der Waals surface area (Å²) in [5, 5.41) is 12.8. The molecule has 1 aromatic carbocycles. The van der Waals surface area contributed by atoms with Crippen molar-refractivity contribution in [3.8, 4) is 0 Å². The zero-order valence-corrected chi connectivity index (χ0v) is 11.4. The molecule has 0 bridgehead atoms. The maximum Gasteiger partial charge on any atom is 0.294 e. The van der Waals surface area contributed by atoms with Gasteiger partial charge in [0.25, 0.3) is 5.69 Å². The summed E-state index contributed by atoms with van der Waals surface area (Å²) in [4.78, 5) is 23.1. The molecular formula is C13H13N3O3S. The maximum atomic E-state index is 11.7. The number of rotatable bonds is 6. The average Bonchev–Trinajstić information content (AvgIpc) is 2.96. The van der Waals surface area contributed by atoms with Crippen LogP contribution in [0.4, 0.5) is 11.4 Å². The van der Waals surface area contributed by atoms with Crippen molar-refractivity contribution in [2.45, 2.75) is 12.8 Å². The van der Waals surface area contributed by atoms with E-state index in [1.165, 1.54) is 12.1 Å². The molecule has 0 saturated heterocycles. The summed E-state index contributed by atoms with van der Waals surface area (Å²) in [6.07, 6.45) is 0.982. The number of nitro groups is 1. The van der Waals surface area contributed by atoms with Crippen LogP contribution in [0.3, 0.4) is 0 Å². The van der Waals surface area contributed by atoms with Gasteiger partial charge in [0, 0.05) is 17.4 Å². The van der Waals surface area contributed by atoms with Crippen LogP contribution in [0.25, 0.3) is 0 Å². The van der Waals surface area contributed by atoms with Gasteiger partial charge in [-0.3, -0.25) is 25.8 Å². The number of hydrazine groups is 1. The van der Waals surface area contributed by atoms with Crippen molar-refractivity contribution in [2.75, 3.05) is 5.43 Å². The van der Waals surface area contributed by atoms with Crippen LogP contribution < -0.4 is 10.9 Å². The van der Waals surface area contributed by atoms with Gasteiger partial charge in [0.2, 0.25) is 5.91 Å². The van der Waals surface area contributed by atoms with E-state index in [-0.39, 0.29) is 17.3 Å². The zero-order valence-electron chi connectivity index (χ0n) is 10.5. The lowest BCUT2D eigenvalue weighted by molar-refractivity contribution is -0.384. The van der Waals surface area contributed by atoms with E-state index in [1.54, 1.807) is 23.5 Å². The number of benzene rings is 1. The predicted molar refractivity (Wildman–Crippen MR) is 77.5 cm³/mol. The van der Waals surface area contributed by atoms with Crippen molar-refractivity contribution >= 4 is 28.6 Å². The van der Waals surface area contributed by atoms with Crippen molar-refractivity contribution in [3.63, 3.8) is 0 Å². The van der Waals surface area contributed by atoms with E-state index in [0.29, 0.717) is 12.8 Å². The van der Waals surface area contributed by atoms with Gasteiger partial charge in [-0.05, 0) is 23.9 Å². The van der Waals surface area contributed by atoms with Crippen molar-refractivity contribution in [3.05, 3.63) is 56.8 Å². The Kier molecular flexibility index (Phi) is 4.67. The molecule has 0 spiro atoms. The van der Waals surface area contributed by atoms with E-state index in [0.717, 1.165) is 4.88 Å². The molecule has 2 N–H and O–H groups in total. The van der Waals surface area contributed by atoms with Gasteiger partial charge in [-0.1, -0.05) is 18.2 Å². The summed E-state index contributed by atoms with van der Waals surface area (Å²) in [5.74, 6) is -0.212. The number of aryl methyl sites for hydroxylation is 1. The van der Waals surface area contributed by atoms with Crippen molar-refractivity contribution in [1.82, 2.24) is 5.43 Å². The Hall–Kier alpha value is -2.41. The Morgan fingerprint density at radius 1 is 1.25 bits per heavy atom. The molecule has 0 atom stereocenters. The topological polar surface area (TPSA) is 84.3 Å². The first-order chi connectivity index (χ1) is 9.66. The lowest BCUT2D eigenvalue weighted by Crippen LogP contribution is -2.29. The lowest BCUT2D eigenvalue weighted by atomic mass is 10.2. The van der Waals surface area contributed by atoms with Crippen molar-refractivity contribution < 1.29 is 9.72 Å². The fourth-order valence-electron chi connectivity index (χ4n) is 1.63. The summed E-state index contributed by atoms with van der Waals surface area (Å²) in [7, 11) is 0. The minimum atomic E-state index is -0.500. The van der Waals surface area contributed by atoms with Crippen LogP contribution in [0.2, 0.25) is 0 Å². The average molecular weight is 291 g/mol. The van der Waals surface area contributed by atoms with Crippen LogP contribution in [0.1, 0.15) is 11.3 Å². The molecule has 0 unspecified atom stereocenters. The van der Waals surface area contributed by atoms with Crippen LogP contribution in [0, 0.1) is 10.1 Å². The smallest absolute Gasteiger partial charge is 0.292 e. The number of hydrogen-bond donors (Lipinski definition) is 2. The molecule has 7 heteroatoms. The quantitative estimate of drug-likeness (QED) is 0.633. The highest BCUT2D eigenvalue weighted by Crippen LogP contribution is 2.22. The number of nitrogens with one attached hydrogen (secondary N) is 2. The molecule has 0 radical (unpaired) electrons. The Balaban J connectivity index is 1.85. The minimum Gasteiger partial charge on any atom is -0.292 e. The number of hydrogen-bond acceptors (Lipinski definition) is 5. The zero-order chi connectivity index (χ0) is 14.4. The van der Waals surface area contributed by atoms with E-state index in [4.69, 9.17) is 0 Å². The van der Waals surface area contributed by atoms with Gasteiger partial charge in [0.05, 0.1) is 4.92 Å². The molecule has 2 aromatic rings. The van der Waals surface area contributed by atoms with E-state index < -0.39 is 4.92 Å². The van der Waals surface area contributed by atoms with Gasteiger partial charge in [0.1, 0.15) is 5.69 Å². The van der Waals surface area contributed by atoms with Crippen LogP contribution in [0.5, 0.6) is 0 Å². The number of amides is 1. The second-order valence-electron chi connectivity index (χ2n) is 4.03. The van der Waals surface area contributed by atoms with Crippen LogP contribution >= 0.6 is 11.3 Å². The number of anilines is 1. The Labute approximate surface area is 119 Å². The summed E-state index contributed by atoms with van der Waals surface area (Å²) in [5.41, 5.74) is 5.24. The minimum absolute atomic E-state index is 0.0777. The first-order valence-corrected chi connectivity index (χ1v) is 6.85. The molecule has 1 amide bonds. The van der Waals surface area contributed by atoms with Gasteiger partial charge in [0.15, 0.2) is 0 Å². The lowest BCUT2D eigenvalue weighted by Gasteiger charge is -2.08. The van der Waals surface area contributed by atoms with Crippen molar-refractivity contribution in [1.29, 1.82) is 0 Å². The molecule has 6 nitrogen and oxygen atoms in total. The van der Waals surface area contributed by atoms with Gasteiger partial charge < -0.3 is 0 Å². The molecular weight excluding hydrogens is 278 g/mol. The molecule has 0 aliphatic carbocycles. The molecule has 2 rings (SSSR count). The van der Waals surface area contributed by atoms with Gasteiger partial charge in [-0.25, -0.2) is 0 Å². The normalized spacial score (nSPS) is 10.0. The molecule has 0 aliphatic rings. The number of nitro benzene ring substituents is 1. The standard InChI is InChI=1S/C13H13N3O3S/c17-13(8-7-10-4-3-9-20-10)15-14-11-5-1-2-6-12(11)16(18)19/h1-6,9,14H,7-8H2,(H,15,17). The SMILES string of the molecule is O=C(CCc1cccs1)NNc1ccccc1[N+](=O)[O-]. The number of nitrogens with zero attached hydrogens (tertiary/aromatic N) is 1. The Morgan fingerprint density at radius 2 is 2.05 bits per heavy atom. The first kappa shape index (κ1) is 14.0. The van der Waals surface area contributed by atoms with Crippen LogP contribution in [0.15, 0.2) is 41.8 Å². The van der Waals surface area contributed by atoms with Crippen LogP contribution in [-0.4, -0.2) is 10.8 Å². The molecule has 0 saturated carbocycles. The summed E-state index contributed by atoms with van der Waals surface area (Å²) in [6.45, 7) is 0. The number of para-hydroxylation sites is 2. The molecule has 1 heterocycles.